The van der Waals surface area contributed by atoms with Crippen molar-refractivity contribution in [3.8, 4) is 0 Å². The second-order valence-corrected chi connectivity index (χ2v) is 7.16. The van der Waals surface area contributed by atoms with Gasteiger partial charge in [-0.3, -0.25) is 4.79 Å². The van der Waals surface area contributed by atoms with Gasteiger partial charge < -0.3 is 5.32 Å². The van der Waals surface area contributed by atoms with Crippen LogP contribution < -0.4 is 5.32 Å². The third kappa shape index (κ3) is 4.97. The summed E-state index contributed by atoms with van der Waals surface area (Å²) in [7, 11) is 0. The maximum absolute atomic E-state index is 12.5. The molecule has 1 heterocycles. The number of nitrogens with one attached hydrogen (secondary N) is 1. The van der Waals surface area contributed by atoms with Gasteiger partial charge in [0.2, 0.25) is 5.91 Å². The molecule has 2 rings (SSSR count). The van der Waals surface area contributed by atoms with E-state index in [1.54, 1.807) is 13.1 Å². The van der Waals surface area contributed by atoms with Gasteiger partial charge in [0.25, 0.3) is 0 Å². The molecular weight excluding hydrogens is 345 g/mol. The van der Waals surface area contributed by atoms with E-state index in [1.807, 2.05) is 6.26 Å². The number of alkyl halides is 3. The summed E-state index contributed by atoms with van der Waals surface area (Å²) in [6, 6.07) is 5.05. The summed E-state index contributed by atoms with van der Waals surface area (Å²) in [5.74, 6) is -0.118. The lowest BCUT2D eigenvalue weighted by atomic mass is 10.1. The van der Waals surface area contributed by atoms with Crippen LogP contribution >= 0.6 is 23.1 Å². The number of carbonyl (C=O) groups excluding carboxylic acids is 1. The lowest BCUT2D eigenvalue weighted by Crippen LogP contribution is -2.21. The molecule has 1 atom stereocenters. The highest BCUT2D eigenvalue weighted by molar-refractivity contribution is 7.99. The maximum atomic E-state index is 12.5. The second-order valence-electron chi connectivity index (χ2n) is 4.87. The molecule has 0 radical (unpaired) electrons. The van der Waals surface area contributed by atoms with Crippen molar-refractivity contribution in [3.63, 3.8) is 0 Å². The molecule has 124 valence electrons. The van der Waals surface area contributed by atoms with Crippen LogP contribution in [-0.2, 0) is 17.4 Å². The smallest absolute Gasteiger partial charge is 0.301 e. The van der Waals surface area contributed by atoms with Crippen LogP contribution in [0.25, 0.3) is 0 Å². The summed E-state index contributed by atoms with van der Waals surface area (Å²) in [6.45, 7) is 1.80. The summed E-state index contributed by atoms with van der Waals surface area (Å²) in [4.78, 5) is 16.8. The molecule has 1 N–H and O–H groups in total. The first-order valence-corrected chi connectivity index (χ1v) is 8.84. The molecule has 0 saturated carbocycles. The molecule has 8 heteroatoms. The number of hydrogen-bond acceptors (Lipinski definition) is 4. The van der Waals surface area contributed by atoms with Crippen LogP contribution in [-0.4, -0.2) is 22.4 Å². The number of rotatable bonds is 5. The summed E-state index contributed by atoms with van der Waals surface area (Å²) >= 11 is 2.76. The van der Waals surface area contributed by atoms with Crippen molar-refractivity contribution in [2.45, 2.75) is 24.8 Å². The first-order chi connectivity index (χ1) is 10.8. The number of amides is 1. The SMILES string of the molecule is CSC(C)C(=O)Nc1ncc(Cc2ccc(C(F)(F)F)cc2)s1. The van der Waals surface area contributed by atoms with Gasteiger partial charge in [-0.05, 0) is 30.9 Å². The number of benzene rings is 1. The van der Waals surface area contributed by atoms with Crippen LogP contribution in [0.15, 0.2) is 30.5 Å². The van der Waals surface area contributed by atoms with Crippen LogP contribution in [0.5, 0.6) is 0 Å². The molecule has 0 fully saturated rings. The fourth-order valence-corrected chi connectivity index (χ4v) is 2.90. The zero-order valence-corrected chi connectivity index (χ0v) is 14.1. The van der Waals surface area contributed by atoms with Gasteiger partial charge >= 0.3 is 6.18 Å². The summed E-state index contributed by atoms with van der Waals surface area (Å²) in [5, 5.41) is 3.06. The third-order valence-corrected chi connectivity index (χ3v) is 5.00. The molecule has 0 aliphatic heterocycles. The first kappa shape index (κ1) is 17.8. The predicted octanol–water partition coefficient (Wildman–Crippen LogP) is 4.44. The van der Waals surface area contributed by atoms with Gasteiger partial charge in [0.15, 0.2) is 5.13 Å². The minimum Gasteiger partial charge on any atom is -0.301 e. The molecule has 1 amide bonds. The van der Waals surface area contributed by atoms with E-state index in [4.69, 9.17) is 0 Å². The van der Waals surface area contributed by atoms with Crippen molar-refractivity contribution in [1.82, 2.24) is 4.98 Å². The largest absolute Gasteiger partial charge is 0.416 e. The Balaban J connectivity index is 2.00. The van der Waals surface area contributed by atoms with E-state index in [0.29, 0.717) is 11.6 Å². The summed E-state index contributed by atoms with van der Waals surface area (Å²) in [5.41, 5.74) is 0.0987. The third-order valence-electron chi connectivity index (χ3n) is 3.17. The molecule has 1 aromatic carbocycles. The summed E-state index contributed by atoms with van der Waals surface area (Å²) in [6.07, 6.45) is -0.373. The molecule has 0 bridgehead atoms. The van der Waals surface area contributed by atoms with Gasteiger partial charge in [0, 0.05) is 17.5 Å². The maximum Gasteiger partial charge on any atom is 0.416 e. The minimum absolute atomic E-state index is 0.118. The van der Waals surface area contributed by atoms with E-state index < -0.39 is 11.7 Å². The van der Waals surface area contributed by atoms with Crippen molar-refractivity contribution in [1.29, 1.82) is 0 Å². The van der Waals surface area contributed by atoms with Crippen LogP contribution in [0.3, 0.4) is 0 Å². The van der Waals surface area contributed by atoms with Crippen molar-refractivity contribution < 1.29 is 18.0 Å². The molecule has 0 aliphatic rings. The Hall–Kier alpha value is -1.54. The Bertz CT molecular complexity index is 668. The normalized spacial score (nSPS) is 12.9. The number of anilines is 1. The number of thioether (sulfide) groups is 1. The minimum atomic E-state index is -4.32. The molecule has 3 nitrogen and oxygen atoms in total. The van der Waals surface area contributed by atoms with E-state index >= 15 is 0 Å². The van der Waals surface area contributed by atoms with E-state index in [2.05, 4.69) is 10.3 Å². The Kier molecular flexibility index (Phi) is 5.69. The Morgan fingerprint density at radius 3 is 2.57 bits per heavy atom. The molecule has 23 heavy (non-hydrogen) atoms. The second kappa shape index (κ2) is 7.35. The van der Waals surface area contributed by atoms with Crippen molar-refractivity contribution in [2.75, 3.05) is 11.6 Å². The van der Waals surface area contributed by atoms with Gasteiger partial charge in [0.05, 0.1) is 10.8 Å². The Labute approximate surface area is 140 Å². The molecule has 1 aromatic heterocycles. The molecule has 0 aliphatic carbocycles. The number of thiazole rings is 1. The fraction of sp³-hybridized carbons (Fsp3) is 0.333. The first-order valence-electron chi connectivity index (χ1n) is 6.74. The van der Waals surface area contributed by atoms with Crippen LogP contribution in [0.4, 0.5) is 18.3 Å². The predicted molar refractivity (Wildman–Crippen MR) is 88.0 cm³/mol. The zero-order valence-electron chi connectivity index (χ0n) is 12.5. The van der Waals surface area contributed by atoms with Gasteiger partial charge in [-0.15, -0.1) is 11.3 Å². The van der Waals surface area contributed by atoms with Crippen molar-refractivity contribution in [2.24, 2.45) is 0 Å². The molecular formula is C15H15F3N2OS2. The number of aromatic nitrogens is 1. The highest BCUT2D eigenvalue weighted by Crippen LogP contribution is 2.30. The van der Waals surface area contributed by atoms with E-state index in [9.17, 15) is 18.0 Å². The highest BCUT2D eigenvalue weighted by Gasteiger charge is 2.29. The molecule has 2 aromatic rings. The number of nitrogens with zero attached hydrogens (tertiary/aromatic N) is 1. The van der Waals surface area contributed by atoms with E-state index in [-0.39, 0.29) is 11.2 Å². The van der Waals surface area contributed by atoms with Crippen LogP contribution in [0, 0.1) is 0 Å². The van der Waals surface area contributed by atoms with Crippen molar-refractivity contribution >= 4 is 34.1 Å². The number of hydrogen-bond donors (Lipinski definition) is 1. The zero-order chi connectivity index (χ0) is 17.0. The van der Waals surface area contributed by atoms with Gasteiger partial charge in [-0.2, -0.15) is 24.9 Å². The van der Waals surface area contributed by atoms with Gasteiger partial charge in [-0.1, -0.05) is 12.1 Å². The molecule has 0 saturated heterocycles. The van der Waals surface area contributed by atoms with Gasteiger partial charge in [0.1, 0.15) is 0 Å². The van der Waals surface area contributed by atoms with Crippen LogP contribution in [0.1, 0.15) is 22.9 Å². The Morgan fingerprint density at radius 2 is 2.00 bits per heavy atom. The molecule has 0 spiro atoms. The van der Waals surface area contributed by atoms with E-state index in [0.717, 1.165) is 22.6 Å². The van der Waals surface area contributed by atoms with Crippen LogP contribution in [0.2, 0.25) is 0 Å². The average Bonchev–Trinajstić information content (AvgIpc) is 2.93. The van der Waals surface area contributed by atoms with Gasteiger partial charge in [-0.25, -0.2) is 4.98 Å². The number of halogens is 3. The molecule has 1 unspecified atom stereocenters. The standard InChI is InChI=1S/C15H15F3N2OS2/c1-9(22-2)13(21)20-14-19-8-12(23-14)7-10-3-5-11(6-4-10)15(16,17)18/h3-6,8-9H,7H2,1-2H3,(H,19,20,21). The average molecular weight is 360 g/mol. The highest BCUT2D eigenvalue weighted by atomic mass is 32.2. The fourth-order valence-electron chi connectivity index (χ4n) is 1.77. The Morgan fingerprint density at radius 1 is 1.35 bits per heavy atom. The van der Waals surface area contributed by atoms with Crippen molar-refractivity contribution in [3.05, 3.63) is 46.5 Å². The van der Waals surface area contributed by atoms with E-state index in [1.165, 1.54) is 35.2 Å². The quantitative estimate of drug-likeness (QED) is 0.857. The monoisotopic (exact) mass is 360 g/mol. The lowest BCUT2D eigenvalue weighted by molar-refractivity contribution is -0.137. The topological polar surface area (TPSA) is 42.0 Å². The summed E-state index contributed by atoms with van der Waals surface area (Å²) < 4.78 is 37.5. The number of carbonyl (C=O) groups is 1. The lowest BCUT2D eigenvalue weighted by Gasteiger charge is -2.07.